The first-order valence-electron chi connectivity index (χ1n) is 17.7. The summed E-state index contributed by atoms with van der Waals surface area (Å²) in [7, 11) is 0. The molecule has 51 heavy (non-hydrogen) atoms. The van der Waals surface area contributed by atoms with Gasteiger partial charge in [-0.1, -0.05) is 133 Å². The lowest BCUT2D eigenvalue weighted by Gasteiger charge is -2.30. The van der Waals surface area contributed by atoms with Gasteiger partial charge in [-0.3, -0.25) is 0 Å². The van der Waals surface area contributed by atoms with E-state index >= 15 is 0 Å². The molecule has 2 aromatic heterocycles. The highest BCUT2D eigenvalue weighted by atomic mass is 16.3. The normalized spacial score (nSPS) is 13.6. The molecule has 0 saturated carbocycles. The van der Waals surface area contributed by atoms with E-state index in [2.05, 4.69) is 180 Å². The van der Waals surface area contributed by atoms with Crippen LogP contribution in [0.3, 0.4) is 0 Å². The Balaban J connectivity index is 1.11. The fourth-order valence-corrected chi connectivity index (χ4v) is 9.61. The van der Waals surface area contributed by atoms with Crippen LogP contribution in [0, 0.1) is 0 Å². The highest BCUT2D eigenvalue weighted by Crippen LogP contribution is 2.63. The van der Waals surface area contributed by atoms with E-state index in [1.54, 1.807) is 0 Å². The molecule has 8 aromatic carbocycles. The van der Waals surface area contributed by atoms with Crippen LogP contribution >= 0.6 is 0 Å². The quantitative estimate of drug-likeness (QED) is 0.183. The Kier molecular flexibility index (Phi) is 5.20. The van der Waals surface area contributed by atoms with Gasteiger partial charge in [-0.05, 0) is 92.5 Å². The van der Waals surface area contributed by atoms with Crippen molar-refractivity contribution >= 4 is 43.7 Å². The van der Waals surface area contributed by atoms with E-state index in [4.69, 9.17) is 4.42 Å². The third-order valence-electron chi connectivity index (χ3n) is 11.6. The standard InChI is InChI=1S/C49H29NO/c1-2-13-31(14-3-1)50-45-24-11-7-18-36(45)39-27-30(25-26-46(39)50)32-19-12-20-37-40-28-38-35-17-6-10-23-43(35)49(44(38)29-47(40)51-48(32)37)41-21-8-4-15-33(41)34-16-5-9-22-42(34)49/h1-29H. The van der Waals surface area contributed by atoms with Crippen molar-refractivity contribution in [3.05, 3.63) is 198 Å². The van der Waals surface area contributed by atoms with Gasteiger partial charge >= 0.3 is 0 Å². The van der Waals surface area contributed by atoms with Gasteiger partial charge in [-0.2, -0.15) is 0 Å². The molecule has 0 N–H and O–H groups in total. The van der Waals surface area contributed by atoms with E-state index in [9.17, 15) is 0 Å². The van der Waals surface area contributed by atoms with E-state index < -0.39 is 5.41 Å². The minimum Gasteiger partial charge on any atom is -0.455 e. The largest absolute Gasteiger partial charge is 0.455 e. The monoisotopic (exact) mass is 647 g/mol. The molecule has 0 unspecified atom stereocenters. The van der Waals surface area contributed by atoms with Gasteiger partial charge in [0.25, 0.3) is 0 Å². The molecule has 12 rings (SSSR count). The van der Waals surface area contributed by atoms with Crippen molar-refractivity contribution in [1.82, 2.24) is 4.57 Å². The highest BCUT2D eigenvalue weighted by Gasteiger charge is 2.51. The molecule has 0 fully saturated rings. The molecule has 2 nitrogen and oxygen atoms in total. The molecule has 2 heterocycles. The number of rotatable bonds is 2. The Morgan fingerprint density at radius 2 is 0.961 bits per heavy atom. The molecule has 0 aliphatic heterocycles. The van der Waals surface area contributed by atoms with Gasteiger partial charge in [0.1, 0.15) is 11.2 Å². The van der Waals surface area contributed by atoms with Crippen molar-refractivity contribution < 1.29 is 4.42 Å². The summed E-state index contributed by atoms with van der Waals surface area (Å²) in [5.41, 5.74) is 17.8. The van der Waals surface area contributed by atoms with E-state index in [1.165, 1.54) is 66.3 Å². The maximum atomic E-state index is 7.01. The zero-order valence-corrected chi connectivity index (χ0v) is 27.6. The highest BCUT2D eigenvalue weighted by molar-refractivity contribution is 6.14. The fourth-order valence-electron chi connectivity index (χ4n) is 9.61. The molecule has 2 aliphatic rings. The van der Waals surface area contributed by atoms with E-state index in [0.29, 0.717) is 0 Å². The molecule has 0 radical (unpaired) electrons. The Morgan fingerprint density at radius 1 is 0.373 bits per heavy atom. The topological polar surface area (TPSA) is 18.1 Å². The number of hydrogen-bond donors (Lipinski definition) is 0. The average Bonchev–Trinajstić information content (AvgIpc) is 3.90. The van der Waals surface area contributed by atoms with Gasteiger partial charge < -0.3 is 8.98 Å². The maximum absolute atomic E-state index is 7.01. The second-order valence-corrected chi connectivity index (χ2v) is 14.0. The average molecular weight is 648 g/mol. The molecule has 0 amide bonds. The fraction of sp³-hybridized carbons (Fsp3) is 0.0204. The SMILES string of the molecule is c1ccc(-n2c3ccccc3c3cc(-c4cccc5c4oc4cc6c(cc45)-c4ccccc4C64c5ccccc5-c5ccccc54)ccc32)cc1. The summed E-state index contributed by atoms with van der Waals surface area (Å²) in [5.74, 6) is 0. The Hall–Kier alpha value is -6.64. The minimum atomic E-state index is -0.396. The molecule has 0 atom stereocenters. The van der Waals surface area contributed by atoms with E-state index in [-0.39, 0.29) is 0 Å². The maximum Gasteiger partial charge on any atom is 0.143 e. The number of aromatic nitrogens is 1. The van der Waals surface area contributed by atoms with Gasteiger partial charge in [-0.15, -0.1) is 0 Å². The number of hydrogen-bond acceptors (Lipinski definition) is 1. The lowest BCUT2D eigenvalue weighted by Crippen LogP contribution is -2.25. The van der Waals surface area contributed by atoms with Crippen LogP contribution in [0.25, 0.3) is 82.8 Å². The summed E-state index contributed by atoms with van der Waals surface area (Å²) in [6.07, 6.45) is 0. The molecule has 0 saturated heterocycles. The van der Waals surface area contributed by atoms with Gasteiger partial charge in [0.15, 0.2) is 0 Å². The zero-order valence-electron chi connectivity index (χ0n) is 27.6. The van der Waals surface area contributed by atoms with Crippen molar-refractivity contribution in [3.63, 3.8) is 0 Å². The van der Waals surface area contributed by atoms with Crippen LogP contribution in [0.4, 0.5) is 0 Å². The van der Waals surface area contributed by atoms with Crippen molar-refractivity contribution in [1.29, 1.82) is 0 Å². The van der Waals surface area contributed by atoms with Crippen LogP contribution in [0.5, 0.6) is 0 Å². The second kappa shape index (κ2) is 9.74. The smallest absolute Gasteiger partial charge is 0.143 e. The molecule has 2 heteroatoms. The van der Waals surface area contributed by atoms with Crippen LogP contribution in [-0.2, 0) is 5.41 Å². The first kappa shape index (κ1) is 27.2. The molecular formula is C49H29NO. The van der Waals surface area contributed by atoms with Gasteiger partial charge in [0.05, 0.1) is 16.4 Å². The number of nitrogens with zero attached hydrogens (tertiary/aromatic N) is 1. The summed E-state index contributed by atoms with van der Waals surface area (Å²) < 4.78 is 9.38. The van der Waals surface area contributed by atoms with Crippen LogP contribution in [-0.4, -0.2) is 4.57 Å². The first-order valence-corrected chi connectivity index (χ1v) is 17.7. The van der Waals surface area contributed by atoms with Gasteiger partial charge in [-0.25, -0.2) is 0 Å². The van der Waals surface area contributed by atoms with Crippen molar-refractivity contribution in [3.8, 4) is 39.1 Å². The Labute approximate surface area is 294 Å². The molecule has 2 aliphatic carbocycles. The molecular weight excluding hydrogens is 619 g/mol. The van der Waals surface area contributed by atoms with Crippen LogP contribution in [0.2, 0.25) is 0 Å². The molecule has 236 valence electrons. The van der Waals surface area contributed by atoms with Gasteiger partial charge in [0, 0.05) is 32.8 Å². The Bertz CT molecular complexity index is 3040. The van der Waals surface area contributed by atoms with E-state index in [1.807, 2.05) is 0 Å². The lowest BCUT2D eigenvalue weighted by atomic mass is 9.70. The van der Waals surface area contributed by atoms with Crippen LogP contribution < -0.4 is 0 Å². The Morgan fingerprint density at radius 3 is 1.71 bits per heavy atom. The van der Waals surface area contributed by atoms with Crippen molar-refractivity contribution in [2.24, 2.45) is 0 Å². The lowest BCUT2D eigenvalue weighted by molar-refractivity contribution is 0.667. The van der Waals surface area contributed by atoms with Crippen molar-refractivity contribution in [2.45, 2.75) is 5.41 Å². The zero-order chi connectivity index (χ0) is 33.3. The molecule has 1 spiro atoms. The van der Waals surface area contributed by atoms with Crippen LogP contribution in [0.15, 0.2) is 180 Å². The number of para-hydroxylation sites is 3. The summed E-state index contributed by atoms with van der Waals surface area (Å²) in [6, 6.07) is 64.5. The van der Waals surface area contributed by atoms with Crippen molar-refractivity contribution in [2.75, 3.05) is 0 Å². The summed E-state index contributed by atoms with van der Waals surface area (Å²) in [4.78, 5) is 0. The summed E-state index contributed by atoms with van der Waals surface area (Å²) in [5, 5.41) is 4.77. The third kappa shape index (κ3) is 3.37. The molecule has 10 aromatic rings. The van der Waals surface area contributed by atoms with Gasteiger partial charge in [0.2, 0.25) is 0 Å². The minimum absolute atomic E-state index is 0.396. The number of furan rings is 1. The summed E-state index contributed by atoms with van der Waals surface area (Å²) in [6.45, 7) is 0. The predicted molar refractivity (Wildman–Crippen MR) is 210 cm³/mol. The number of fused-ring (bicyclic) bond motifs is 16. The predicted octanol–water partition coefficient (Wildman–Crippen LogP) is 12.7. The molecule has 0 bridgehead atoms. The number of benzene rings is 8. The first-order chi connectivity index (χ1) is 25.3. The summed E-state index contributed by atoms with van der Waals surface area (Å²) >= 11 is 0. The van der Waals surface area contributed by atoms with E-state index in [0.717, 1.165) is 38.8 Å². The van der Waals surface area contributed by atoms with Crippen LogP contribution in [0.1, 0.15) is 22.3 Å². The second-order valence-electron chi connectivity index (χ2n) is 14.0. The third-order valence-corrected chi connectivity index (χ3v) is 11.6.